The summed E-state index contributed by atoms with van der Waals surface area (Å²) < 4.78 is 11.2. The molecular weight excluding hydrogens is 484 g/mol. The second-order valence-electron chi connectivity index (χ2n) is 11.5. The Labute approximate surface area is 232 Å². The first-order valence-electron chi connectivity index (χ1n) is 13.3. The Balaban J connectivity index is 1.48. The molecule has 4 aromatic carbocycles. The van der Waals surface area contributed by atoms with Gasteiger partial charge in [-0.25, -0.2) is 4.79 Å². The standard InChI is InChI=1S/C35H38O4/c1-22-10-9-11-26(18-22)34(5,6)28-13-16-31(24(3)20-28)38-33(37)39-32-17-14-29(21-25(32)4)35(7,8)27-12-15-30(36)23(2)19-27/h9-21,36H,1-8H3. The van der Waals surface area contributed by atoms with Gasteiger partial charge in [-0.1, -0.05) is 93.9 Å². The summed E-state index contributed by atoms with van der Waals surface area (Å²) in [4.78, 5) is 12.7. The molecule has 0 spiro atoms. The molecule has 202 valence electrons. The molecule has 1 N–H and O–H groups in total. The molecule has 4 nitrogen and oxygen atoms in total. The monoisotopic (exact) mass is 522 g/mol. The van der Waals surface area contributed by atoms with Crippen LogP contribution in [-0.2, 0) is 10.8 Å². The number of aryl methyl sites for hydroxylation is 4. The van der Waals surface area contributed by atoms with Gasteiger partial charge in [0.2, 0.25) is 0 Å². The highest BCUT2D eigenvalue weighted by molar-refractivity contribution is 5.68. The fourth-order valence-electron chi connectivity index (χ4n) is 4.92. The van der Waals surface area contributed by atoms with E-state index in [-0.39, 0.29) is 16.6 Å². The highest BCUT2D eigenvalue weighted by Crippen LogP contribution is 2.37. The van der Waals surface area contributed by atoms with Crippen LogP contribution in [0.2, 0.25) is 0 Å². The summed E-state index contributed by atoms with van der Waals surface area (Å²) >= 11 is 0. The van der Waals surface area contributed by atoms with Gasteiger partial charge in [-0.05, 0) is 84.8 Å². The molecule has 0 amide bonds. The fourth-order valence-corrected chi connectivity index (χ4v) is 4.92. The van der Waals surface area contributed by atoms with Gasteiger partial charge in [0, 0.05) is 10.8 Å². The van der Waals surface area contributed by atoms with Gasteiger partial charge in [0.05, 0.1) is 0 Å². The predicted molar refractivity (Wildman–Crippen MR) is 157 cm³/mol. The van der Waals surface area contributed by atoms with E-state index >= 15 is 0 Å². The third kappa shape index (κ3) is 5.85. The average Bonchev–Trinajstić information content (AvgIpc) is 2.88. The van der Waals surface area contributed by atoms with Crippen LogP contribution in [0, 0.1) is 27.7 Å². The first kappa shape index (κ1) is 28.0. The molecular formula is C35H38O4. The van der Waals surface area contributed by atoms with E-state index in [0.717, 1.165) is 33.4 Å². The summed E-state index contributed by atoms with van der Waals surface area (Å²) in [5.74, 6) is 1.21. The number of phenols is 1. The van der Waals surface area contributed by atoms with E-state index in [1.807, 2.05) is 57.2 Å². The minimum atomic E-state index is -0.770. The lowest BCUT2D eigenvalue weighted by atomic mass is 9.77. The lowest BCUT2D eigenvalue weighted by Gasteiger charge is -2.27. The number of benzene rings is 4. The van der Waals surface area contributed by atoms with Crippen LogP contribution in [0.5, 0.6) is 17.2 Å². The second-order valence-corrected chi connectivity index (χ2v) is 11.5. The van der Waals surface area contributed by atoms with Gasteiger partial charge in [0.1, 0.15) is 17.2 Å². The number of ether oxygens (including phenoxy) is 2. The van der Waals surface area contributed by atoms with Gasteiger partial charge < -0.3 is 14.6 Å². The van der Waals surface area contributed by atoms with E-state index in [0.29, 0.717) is 11.5 Å². The highest BCUT2D eigenvalue weighted by atomic mass is 16.7. The predicted octanol–water partition coefficient (Wildman–Crippen LogP) is 8.86. The molecule has 0 saturated heterocycles. The number of aromatic hydroxyl groups is 1. The van der Waals surface area contributed by atoms with E-state index in [4.69, 9.17) is 9.47 Å². The van der Waals surface area contributed by atoms with Gasteiger partial charge in [0.25, 0.3) is 0 Å². The van der Waals surface area contributed by atoms with Crippen molar-refractivity contribution in [3.8, 4) is 17.2 Å². The van der Waals surface area contributed by atoms with Gasteiger partial charge in [0.15, 0.2) is 0 Å². The van der Waals surface area contributed by atoms with Crippen molar-refractivity contribution in [3.63, 3.8) is 0 Å². The van der Waals surface area contributed by atoms with E-state index in [9.17, 15) is 9.90 Å². The van der Waals surface area contributed by atoms with Crippen molar-refractivity contribution in [3.05, 3.63) is 123 Å². The minimum absolute atomic E-state index is 0.193. The summed E-state index contributed by atoms with van der Waals surface area (Å²) in [6.07, 6.45) is -0.770. The number of carbonyl (C=O) groups is 1. The average molecular weight is 523 g/mol. The van der Waals surface area contributed by atoms with E-state index in [1.54, 1.807) is 12.1 Å². The van der Waals surface area contributed by atoms with E-state index in [1.165, 1.54) is 11.1 Å². The molecule has 0 saturated carbocycles. The van der Waals surface area contributed by atoms with Crippen LogP contribution < -0.4 is 9.47 Å². The highest BCUT2D eigenvalue weighted by Gasteiger charge is 2.26. The summed E-state index contributed by atoms with van der Waals surface area (Å²) in [6, 6.07) is 25.9. The van der Waals surface area contributed by atoms with Gasteiger partial charge in [-0.15, -0.1) is 0 Å². The molecule has 0 aliphatic carbocycles. The van der Waals surface area contributed by atoms with Crippen molar-refractivity contribution >= 4 is 6.16 Å². The maximum atomic E-state index is 12.7. The third-order valence-corrected chi connectivity index (χ3v) is 7.84. The maximum Gasteiger partial charge on any atom is 0.519 e. The molecule has 0 fully saturated rings. The summed E-state index contributed by atoms with van der Waals surface area (Å²) in [7, 11) is 0. The van der Waals surface area contributed by atoms with Crippen molar-refractivity contribution in [1.29, 1.82) is 0 Å². The van der Waals surface area contributed by atoms with Crippen LogP contribution in [0.25, 0.3) is 0 Å². The summed E-state index contributed by atoms with van der Waals surface area (Å²) in [5, 5.41) is 9.91. The number of hydrogen-bond acceptors (Lipinski definition) is 4. The first-order chi connectivity index (χ1) is 18.3. The zero-order chi connectivity index (χ0) is 28.5. The van der Waals surface area contributed by atoms with Gasteiger partial charge >= 0.3 is 6.16 Å². The Morgan fingerprint density at radius 3 is 1.46 bits per heavy atom. The molecule has 0 unspecified atom stereocenters. The molecule has 0 aromatic heterocycles. The van der Waals surface area contributed by atoms with E-state index in [2.05, 4.69) is 65.0 Å². The number of carbonyl (C=O) groups excluding carboxylic acids is 1. The molecule has 4 rings (SSSR count). The van der Waals surface area contributed by atoms with E-state index < -0.39 is 6.16 Å². The Kier molecular flexibility index (Phi) is 7.61. The largest absolute Gasteiger partial charge is 0.519 e. The SMILES string of the molecule is Cc1cccc(C(C)(C)c2ccc(OC(=O)Oc3ccc(C(C)(C)c4ccc(O)c(C)c4)cc3C)c(C)c2)c1. The summed E-state index contributed by atoms with van der Waals surface area (Å²) in [5.41, 5.74) is 7.81. The molecule has 0 heterocycles. The molecule has 4 aromatic rings. The Morgan fingerprint density at radius 1 is 0.590 bits per heavy atom. The minimum Gasteiger partial charge on any atom is -0.508 e. The number of rotatable bonds is 6. The zero-order valence-corrected chi connectivity index (χ0v) is 24.2. The molecule has 0 bridgehead atoms. The van der Waals surface area contributed by atoms with Crippen LogP contribution in [0.3, 0.4) is 0 Å². The Hall–Kier alpha value is -4.05. The van der Waals surface area contributed by atoms with Crippen molar-refractivity contribution in [2.75, 3.05) is 0 Å². The molecule has 0 radical (unpaired) electrons. The van der Waals surface area contributed by atoms with Crippen molar-refractivity contribution in [2.45, 2.75) is 66.2 Å². The molecule has 4 heteroatoms. The third-order valence-electron chi connectivity index (χ3n) is 7.84. The molecule has 0 aliphatic heterocycles. The Morgan fingerprint density at radius 2 is 1.03 bits per heavy atom. The maximum absolute atomic E-state index is 12.7. The quantitative estimate of drug-likeness (QED) is 0.203. The van der Waals surface area contributed by atoms with Crippen molar-refractivity contribution < 1.29 is 19.4 Å². The van der Waals surface area contributed by atoms with Crippen LogP contribution >= 0.6 is 0 Å². The molecule has 39 heavy (non-hydrogen) atoms. The van der Waals surface area contributed by atoms with Crippen LogP contribution in [0.4, 0.5) is 4.79 Å². The molecule has 0 atom stereocenters. The zero-order valence-electron chi connectivity index (χ0n) is 24.2. The lowest BCUT2D eigenvalue weighted by molar-refractivity contribution is 0.151. The van der Waals surface area contributed by atoms with Crippen molar-refractivity contribution in [2.24, 2.45) is 0 Å². The van der Waals surface area contributed by atoms with Crippen LogP contribution in [0.1, 0.15) is 72.2 Å². The summed E-state index contributed by atoms with van der Waals surface area (Å²) in [6.45, 7) is 16.5. The smallest absolute Gasteiger partial charge is 0.508 e. The van der Waals surface area contributed by atoms with Crippen molar-refractivity contribution in [1.82, 2.24) is 0 Å². The first-order valence-corrected chi connectivity index (χ1v) is 13.3. The van der Waals surface area contributed by atoms with Crippen LogP contribution in [-0.4, -0.2) is 11.3 Å². The van der Waals surface area contributed by atoms with Gasteiger partial charge in [-0.3, -0.25) is 0 Å². The lowest BCUT2D eigenvalue weighted by Crippen LogP contribution is -2.20. The topological polar surface area (TPSA) is 55.8 Å². The molecule has 0 aliphatic rings. The normalized spacial score (nSPS) is 11.8. The Bertz CT molecular complexity index is 1530. The van der Waals surface area contributed by atoms with Crippen LogP contribution in [0.15, 0.2) is 78.9 Å². The fraction of sp³-hybridized carbons (Fsp3) is 0.286. The second kappa shape index (κ2) is 10.6. The van der Waals surface area contributed by atoms with Gasteiger partial charge in [-0.2, -0.15) is 0 Å². The number of hydrogen-bond donors (Lipinski definition) is 1. The number of phenolic OH excluding ortho intramolecular Hbond substituents is 1.